The van der Waals surface area contributed by atoms with Crippen LogP contribution in [0.5, 0.6) is 0 Å². The van der Waals surface area contributed by atoms with Crippen molar-refractivity contribution in [2.45, 2.75) is 12.3 Å². The molecule has 0 spiro atoms. The van der Waals surface area contributed by atoms with E-state index in [0.717, 1.165) is 12.1 Å². The minimum absolute atomic E-state index is 0.00818. The maximum absolute atomic E-state index is 12.5. The first-order chi connectivity index (χ1) is 9.70. The fraction of sp³-hybridized carbons (Fsp3) is 0.154. The third kappa shape index (κ3) is 3.61. The molecule has 0 bridgehead atoms. The molecule has 1 unspecified atom stereocenters. The Labute approximate surface area is 133 Å². The van der Waals surface area contributed by atoms with E-state index >= 15 is 0 Å². The molecule has 112 valence electrons. The van der Waals surface area contributed by atoms with E-state index in [1.165, 1.54) is 18.2 Å². The molecule has 0 aliphatic carbocycles. The van der Waals surface area contributed by atoms with Gasteiger partial charge in [0.2, 0.25) is 0 Å². The van der Waals surface area contributed by atoms with Gasteiger partial charge in [-0.05, 0) is 24.3 Å². The molecule has 0 fully saturated rings. The van der Waals surface area contributed by atoms with Gasteiger partial charge in [-0.15, -0.1) is 0 Å². The van der Waals surface area contributed by atoms with Crippen LogP contribution in [0.1, 0.15) is 22.9 Å². The quantitative estimate of drug-likeness (QED) is 0.756. The molecule has 2 rings (SSSR count). The summed E-state index contributed by atoms with van der Waals surface area (Å²) in [6.07, 6.45) is -5.95. The van der Waals surface area contributed by atoms with Crippen LogP contribution in [0.4, 0.5) is 13.2 Å². The highest BCUT2D eigenvalue weighted by atomic mass is 35.5. The van der Waals surface area contributed by atoms with Gasteiger partial charge in [-0.3, -0.25) is 0 Å². The van der Waals surface area contributed by atoms with Crippen LogP contribution < -0.4 is 0 Å². The van der Waals surface area contributed by atoms with E-state index in [1.807, 2.05) is 0 Å². The second-order valence-corrected chi connectivity index (χ2v) is 5.34. The van der Waals surface area contributed by atoms with Crippen LogP contribution in [0.15, 0.2) is 30.3 Å². The lowest BCUT2D eigenvalue weighted by Gasteiger charge is -2.15. The van der Waals surface area contributed by atoms with Crippen LogP contribution in [0.3, 0.4) is 0 Å². The summed E-state index contributed by atoms with van der Waals surface area (Å²) in [6, 6.07) is 6.19. The summed E-state index contributed by atoms with van der Waals surface area (Å²) in [7, 11) is 0. The number of rotatable bonds is 2. The Hall–Kier alpha value is -1.01. The minimum Gasteiger partial charge on any atom is -0.383 e. The first-order valence-electron chi connectivity index (χ1n) is 5.57. The highest BCUT2D eigenvalue weighted by Crippen LogP contribution is 2.35. The van der Waals surface area contributed by atoms with Crippen molar-refractivity contribution in [2.24, 2.45) is 0 Å². The van der Waals surface area contributed by atoms with Gasteiger partial charge < -0.3 is 5.11 Å². The fourth-order valence-corrected chi connectivity index (χ4v) is 2.36. The topological polar surface area (TPSA) is 33.1 Å². The molecule has 21 heavy (non-hydrogen) atoms. The van der Waals surface area contributed by atoms with Gasteiger partial charge in [-0.2, -0.15) is 13.2 Å². The van der Waals surface area contributed by atoms with Crippen molar-refractivity contribution in [1.82, 2.24) is 4.98 Å². The SMILES string of the molecule is OC(c1cc(Cl)ccc1Cl)c1ccc(C(F)(F)F)nc1Cl. The van der Waals surface area contributed by atoms with Gasteiger partial charge in [-0.25, -0.2) is 4.98 Å². The van der Waals surface area contributed by atoms with Crippen LogP contribution in [0.2, 0.25) is 15.2 Å². The number of benzene rings is 1. The van der Waals surface area contributed by atoms with Crippen molar-refractivity contribution in [3.63, 3.8) is 0 Å². The third-order valence-electron chi connectivity index (χ3n) is 2.72. The van der Waals surface area contributed by atoms with E-state index in [0.29, 0.717) is 5.02 Å². The maximum Gasteiger partial charge on any atom is 0.433 e. The molecule has 1 N–H and O–H groups in total. The average molecular weight is 357 g/mol. The molecule has 2 aromatic rings. The number of aliphatic hydroxyl groups excluding tert-OH is 1. The Kier molecular flexibility index (Phi) is 4.68. The molecule has 1 aromatic carbocycles. The Morgan fingerprint density at radius 2 is 1.67 bits per heavy atom. The van der Waals surface area contributed by atoms with Crippen LogP contribution in [-0.2, 0) is 6.18 Å². The zero-order valence-electron chi connectivity index (χ0n) is 10.1. The number of aromatic nitrogens is 1. The molecule has 0 radical (unpaired) electrons. The van der Waals surface area contributed by atoms with Gasteiger partial charge in [0.25, 0.3) is 0 Å². The van der Waals surface area contributed by atoms with E-state index in [2.05, 4.69) is 4.98 Å². The Morgan fingerprint density at radius 1 is 1.00 bits per heavy atom. The number of pyridine rings is 1. The highest BCUT2D eigenvalue weighted by Gasteiger charge is 2.33. The minimum atomic E-state index is -4.61. The summed E-state index contributed by atoms with van der Waals surface area (Å²) in [5, 5.41) is 10.3. The van der Waals surface area contributed by atoms with E-state index in [1.54, 1.807) is 0 Å². The van der Waals surface area contributed by atoms with Gasteiger partial charge in [0, 0.05) is 21.2 Å². The van der Waals surface area contributed by atoms with Crippen LogP contribution in [0, 0.1) is 0 Å². The molecule has 0 saturated carbocycles. The molecule has 1 aromatic heterocycles. The van der Waals surface area contributed by atoms with Crippen molar-refractivity contribution in [3.05, 3.63) is 62.4 Å². The van der Waals surface area contributed by atoms with Crippen molar-refractivity contribution in [1.29, 1.82) is 0 Å². The van der Waals surface area contributed by atoms with Gasteiger partial charge in [-0.1, -0.05) is 40.9 Å². The lowest BCUT2D eigenvalue weighted by molar-refractivity contribution is -0.141. The second kappa shape index (κ2) is 6.01. The standard InChI is InChI=1S/C13H7Cl3F3NO/c14-6-1-3-9(15)8(5-6)11(21)7-2-4-10(13(17,18)19)20-12(7)16/h1-5,11,21H. The molecule has 2 nitrogen and oxygen atoms in total. The first-order valence-corrected chi connectivity index (χ1v) is 6.70. The fourth-order valence-electron chi connectivity index (χ4n) is 1.70. The van der Waals surface area contributed by atoms with Crippen molar-refractivity contribution < 1.29 is 18.3 Å². The summed E-state index contributed by atoms with van der Waals surface area (Å²) in [6.45, 7) is 0. The van der Waals surface area contributed by atoms with Gasteiger partial charge in [0.1, 0.15) is 17.0 Å². The molecule has 1 heterocycles. The van der Waals surface area contributed by atoms with Gasteiger partial charge >= 0.3 is 6.18 Å². The van der Waals surface area contributed by atoms with Crippen LogP contribution in [-0.4, -0.2) is 10.1 Å². The van der Waals surface area contributed by atoms with Crippen molar-refractivity contribution in [2.75, 3.05) is 0 Å². The summed E-state index contributed by atoms with van der Waals surface area (Å²) in [5.74, 6) is 0. The Balaban J connectivity index is 2.44. The molecule has 0 saturated heterocycles. The number of hydrogen-bond donors (Lipinski definition) is 1. The number of nitrogens with zero attached hydrogens (tertiary/aromatic N) is 1. The Morgan fingerprint density at radius 3 is 2.24 bits per heavy atom. The smallest absolute Gasteiger partial charge is 0.383 e. The third-order valence-corrected chi connectivity index (χ3v) is 3.60. The molecule has 0 aliphatic heterocycles. The van der Waals surface area contributed by atoms with Crippen molar-refractivity contribution >= 4 is 34.8 Å². The zero-order valence-corrected chi connectivity index (χ0v) is 12.4. The molecule has 0 aliphatic rings. The second-order valence-electron chi connectivity index (χ2n) is 4.14. The number of hydrogen-bond acceptors (Lipinski definition) is 2. The predicted molar refractivity (Wildman–Crippen MR) is 74.8 cm³/mol. The molecular weight excluding hydrogens is 350 g/mol. The summed E-state index contributed by atoms with van der Waals surface area (Å²) in [4.78, 5) is 3.25. The van der Waals surface area contributed by atoms with Crippen LogP contribution >= 0.6 is 34.8 Å². The van der Waals surface area contributed by atoms with E-state index in [-0.39, 0.29) is 16.1 Å². The van der Waals surface area contributed by atoms with Crippen molar-refractivity contribution in [3.8, 4) is 0 Å². The molecule has 1 atom stereocenters. The summed E-state index contributed by atoms with van der Waals surface area (Å²) in [5.41, 5.74) is -0.901. The molecule has 8 heteroatoms. The normalized spacial score (nSPS) is 13.3. The monoisotopic (exact) mass is 355 g/mol. The predicted octanol–water partition coefficient (Wildman–Crippen LogP) is 5.14. The lowest BCUT2D eigenvalue weighted by Crippen LogP contribution is -2.10. The number of alkyl halides is 3. The highest BCUT2D eigenvalue weighted by molar-refractivity contribution is 6.33. The van der Waals surface area contributed by atoms with Gasteiger partial charge in [0.15, 0.2) is 0 Å². The van der Waals surface area contributed by atoms with E-state index < -0.39 is 23.1 Å². The van der Waals surface area contributed by atoms with Crippen LogP contribution in [0.25, 0.3) is 0 Å². The maximum atomic E-state index is 12.5. The Bertz CT molecular complexity index is 676. The number of halogens is 6. The molecular formula is C13H7Cl3F3NO. The average Bonchev–Trinajstić information content (AvgIpc) is 2.39. The van der Waals surface area contributed by atoms with E-state index in [4.69, 9.17) is 34.8 Å². The summed E-state index contributed by atoms with van der Waals surface area (Å²) >= 11 is 17.5. The first kappa shape index (κ1) is 16.4. The van der Waals surface area contributed by atoms with E-state index in [9.17, 15) is 18.3 Å². The van der Waals surface area contributed by atoms with Gasteiger partial charge in [0.05, 0.1) is 0 Å². The molecule has 0 amide bonds. The largest absolute Gasteiger partial charge is 0.433 e. The summed E-state index contributed by atoms with van der Waals surface area (Å²) < 4.78 is 37.6. The zero-order chi connectivity index (χ0) is 15.8. The lowest BCUT2D eigenvalue weighted by atomic mass is 10.0. The number of aliphatic hydroxyl groups is 1.